The highest BCUT2D eigenvalue weighted by Gasteiger charge is 2.11. The van der Waals surface area contributed by atoms with E-state index < -0.39 is 0 Å². The molecule has 5 nitrogen and oxygen atoms in total. The van der Waals surface area contributed by atoms with Crippen LogP contribution < -0.4 is 10.2 Å². The fraction of sp³-hybridized carbons (Fsp3) is 0.400. The Kier molecular flexibility index (Phi) is 6.02. The molecule has 1 amide bonds. The first-order valence-corrected chi connectivity index (χ1v) is 8.51. The number of amides is 1. The molecular formula is C20H27N3O2. The van der Waals surface area contributed by atoms with Crippen molar-refractivity contribution in [2.24, 2.45) is 5.10 Å². The Labute approximate surface area is 149 Å². The summed E-state index contributed by atoms with van der Waals surface area (Å²) in [6.07, 6.45) is 1.93. The van der Waals surface area contributed by atoms with Crippen LogP contribution in [0.2, 0.25) is 0 Å². The molecule has 0 unspecified atom stereocenters. The second kappa shape index (κ2) is 8.01. The molecule has 0 aliphatic rings. The molecule has 1 aromatic heterocycles. The van der Waals surface area contributed by atoms with Crippen LogP contribution in [0.15, 0.2) is 29.5 Å². The molecule has 25 heavy (non-hydrogen) atoms. The topological polar surface area (TPSA) is 66.5 Å². The Morgan fingerprint density at radius 2 is 2.00 bits per heavy atom. The van der Waals surface area contributed by atoms with Crippen molar-refractivity contribution >= 4 is 11.6 Å². The first-order valence-electron chi connectivity index (χ1n) is 8.51. The van der Waals surface area contributed by atoms with Crippen LogP contribution in [0.5, 0.6) is 5.75 Å². The van der Waals surface area contributed by atoms with Crippen molar-refractivity contribution < 1.29 is 9.53 Å². The molecule has 0 radical (unpaired) electrons. The summed E-state index contributed by atoms with van der Waals surface area (Å²) in [5.41, 5.74) is 8.70. The van der Waals surface area contributed by atoms with Crippen molar-refractivity contribution in [2.75, 3.05) is 6.61 Å². The summed E-state index contributed by atoms with van der Waals surface area (Å²) in [5, 5.41) is 4.19. The van der Waals surface area contributed by atoms with Gasteiger partial charge in [-0.15, -0.1) is 0 Å². The van der Waals surface area contributed by atoms with Crippen LogP contribution in [-0.2, 0) is 4.79 Å². The molecule has 1 heterocycles. The standard InChI is InChI=1S/C20H27N3O2/c1-12(2)17-8-7-13(3)9-18(17)25-11-19(24)23-22-16(6)20-14(4)10-21-15(20)5/h7-10,12,21H,11H2,1-6H3,(H,23,24)/b22-16+. The van der Waals surface area contributed by atoms with Crippen molar-refractivity contribution in [2.45, 2.75) is 47.5 Å². The predicted molar refractivity (Wildman–Crippen MR) is 101 cm³/mol. The van der Waals surface area contributed by atoms with E-state index in [4.69, 9.17) is 4.74 Å². The molecule has 0 bridgehead atoms. The molecule has 0 fully saturated rings. The van der Waals surface area contributed by atoms with Crippen LogP contribution in [0.1, 0.15) is 54.6 Å². The minimum Gasteiger partial charge on any atom is -0.483 e. The Balaban J connectivity index is 2.00. The minimum absolute atomic E-state index is 0.0644. The summed E-state index contributed by atoms with van der Waals surface area (Å²) in [5.74, 6) is 0.808. The van der Waals surface area contributed by atoms with Gasteiger partial charge in [-0.3, -0.25) is 4.79 Å². The number of aromatic amines is 1. The van der Waals surface area contributed by atoms with Crippen LogP contribution in [-0.4, -0.2) is 23.2 Å². The number of carbonyl (C=O) groups excluding carboxylic acids is 1. The van der Waals surface area contributed by atoms with Crippen LogP contribution in [0.4, 0.5) is 0 Å². The first-order chi connectivity index (χ1) is 11.8. The number of hydrogen-bond donors (Lipinski definition) is 2. The molecule has 5 heteroatoms. The second-order valence-electron chi connectivity index (χ2n) is 6.69. The highest BCUT2D eigenvalue weighted by molar-refractivity contribution is 6.01. The van der Waals surface area contributed by atoms with E-state index in [1.807, 2.05) is 46.0 Å². The van der Waals surface area contributed by atoms with Gasteiger partial charge >= 0.3 is 0 Å². The van der Waals surface area contributed by atoms with Gasteiger partial charge in [-0.1, -0.05) is 26.0 Å². The number of benzene rings is 1. The van der Waals surface area contributed by atoms with Gasteiger partial charge in [0.05, 0.1) is 5.71 Å². The maximum atomic E-state index is 12.1. The molecule has 0 aliphatic heterocycles. The zero-order valence-electron chi connectivity index (χ0n) is 15.9. The summed E-state index contributed by atoms with van der Waals surface area (Å²) in [6.45, 7) is 12.0. The van der Waals surface area contributed by atoms with Crippen LogP contribution >= 0.6 is 0 Å². The molecule has 2 aromatic rings. The van der Waals surface area contributed by atoms with Crippen molar-refractivity contribution in [3.8, 4) is 5.75 Å². The normalized spacial score (nSPS) is 11.7. The predicted octanol–water partition coefficient (Wildman–Crippen LogP) is 3.98. The fourth-order valence-corrected chi connectivity index (χ4v) is 2.83. The number of nitrogens with one attached hydrogen (secondary N) is 2. The van der Waals surface area contributed by atoms with Gasteiger partial charge in [-0.2, -0.15) is 5.10 Å². The van der Waals surface area contributed by atoms with E-state index in [0.717, 1.165) is 39.4 Å². The van der Waals surface area contributed by atoms with Gasteiger partial charge in [0.2, 0.25) is 0 Å². The smallest absolute Gasteiger partial charge is 0.277 e. The highest BCUT2D eigenvalue weighted by atomic mass is 16.5. The van der Waals surface area contributed by atoms with Gasteiger partial charge in [0.1, 0.15) is 5.75 Å². The van der Waals surface area contributed by atoms with Crippen LogP contribution in [0, 0.1) is 20.8 Å². The molecule has 2 rings (SSSR count). The van der Waals surface area contributed by atoms with Gasteiger partial charge in [-0.05, 0) is 56.4 Å². The molecule has 0 atom stereocenters. The highest BCUT2D eigenvalue weighted by Crippen LogP contribution is 2.27. The lowest BCUT2D eigenvalue weighted by Gasteiger charge is -2.14. The maximum absolute atomic E-state index is 12.1. The zero-order valence-corrected chi connectivity index (χ0v) is 15.9. The van der Waals surface area contributed by atoms with Crippen molar-refractivity contribution in [3.63, 3.8) is 0 Å². The quantitative estimate of drug-likeness (QED) is 0.616. The van der Waals surface area contributed by atoms with Crippen molar-refractivity contribution in [3.05, 3.63) is 52.3 Å². The molecule has 0 saturated heterocycles. The summed E-state index contributed by atoms with van der Waals surface area (Å²) in [4.78, 5) is 15.2. The number of hydrogen-bond acceptors (Lipinski definition) is 3. The van der Waals surface area contributed by atoms with Crippen LogP contribution in [0.3, 0.4) is 0 Å². The number of aryl methyl sites for hydroxylation is 3. The molecule has 2 N–H and O–H groups in total. The Morgan fingerprint density at radius 3 is 2.60 bits per heavy atom. The van der Waals surface area contributed by atoms with Gasteiger partial charge in [0, 0.05) is 17.5 Å². The van der Waals surface area contributed by atoms with Gasteiger partial charge in [-0.25, -0.2) is 5.43 Å². The molecular weight excluding hydrogens is 314 g/mol. The Bertz CT molecular complexity index is 769. The van der Waals surface area contributed by atoms with Gasteiger partial charge in [0.15, 0.2) is 6.61 Å². The van der Waals surface area contributed by atoms with E-state index in [2.05, 4.69) is 35.4 Å². The summed E-state index contributed by atoms with van der Waals surface area (Å²) >= 11 is 0. The first kappa shape index (κ1) is 18.8. The number of hydrazone groups is 1. The van der Waals surface area contributed by atoms with E-state index in [9.17, 15) is 4.79 Å². The monoisotopic (exact) mass is 341 g/mol. The van der Waals surface area contributed by atoms with Gasteiger partial charge in [0.25, 0.3) is 5.91 Å². The SMILES string of the molecule is C/C(=N\NC(=O)COc1cc(C)ccc1C(C)C)c1c(C)c[nH]c1C. The number of carbonyl (C=O) groups is 1. The summed E-state index contributed by atoms with van der Waals surface area (Å²) in [6, 6.07) is 6.06. The largest absolute Gasteiger partial charge is 0.483 e. The Hall–Kier alpha value is -2.56. The van der Waals surface area contributed by atoms with E-state index in [1.165, 1.54) is 0 Å². The molecule has 134 valence electrons. The van der Waals surface area contributed by atoms with E-state index in [1.54, 1.807) is 0 Å². The van der Waals surface area contributed by atoms with Crippen molar-refractivity contribution in [1.29, 1.82) is 0 Å². The average Bonchev–Trinajstić information content (AvgIpc) is 2.89. The molecule has 0 spiro atoms. The Morgan fingerprint density at radius 1 is 1.28 bits per heavy atom. The fourth-order valence-electron chi connectivity index (χ4n) is 2.83. The second-order valence-corrected chi connectivity index (χ2v) is 6.69. The third-order valence-corrected chi connectivity index (χ3v) is 4.13. The van der Waals surface area contributed by atoms with E-state index in [0.29, 0.717) is 5.92 Å². The lowest BCUT2D eigenvalue weighted by Crippen LogP contribution is -2.26. The third-order valence-electron chi connectivity index (χ3n) is 4.13. The molecule has 0 saturated carbocycles. The van der Waals surface area contributed by atoms with E-state index >= 15 is 0 Å². The number of aromatic nitrogens is 1. The van der Waals surface area contributed by atoms with Crippen molar-refractivity contribution in [1.82, 2.24) is 10.4 Å². The lowest BCUT2D eigenvalue weighted by atomic mass is 10.0. The summed E-state index contributed by atoms with van der Waals surface area (Å²) in [7, 11) is 0. The third kappa shape index (κ3) is 4.72. The number of H-pyrrole nitrogens is 1. The zero-order chi connectivity index (χ0) is 18.6. The van der Waals surface area contributed by atoms with E-state index in [-0.39, 0.29) is 12.5 Å². The van der Waals surface area contributed by atoms with Gasteiger partial charge < -0.3 is 9.72 Å². The summed E-state index contributed by atoms with van der Waals surface area (Å²) < 4.78 is 5.72. The minimum atomic E-state index is -0.276. The number of rotatable bonds is 6. The lowest BCUT2D eigenvalue weighted by molar-refractivity contribution is -0.123. The van der Waals surface area contributed by atoms with Crippen LogP contribution in [0.25, 0.3) is 0 Å². The average molecular weight is 341 g/mol. The number of ether oxygens (including phenoxy) is 1. The number of nitrogens with zero attached hydrogens (tertiary/aromatic N) is 1. The molecule has 1 aromatic carbocycles. The molecule has 0 aliphatic carbocycles. The maximum Gasteiger partial charge on any atom is 0.277 e.